The highest BCUT2D eigenvalue weighted by atomic mass is 32.1. The summed E-state index contributed by atoms with van der Waals surface area (Å²) in [6.45, 7) is 9.26. The zero-order valence-electron chi connectivity index (χ0n) is 11.1. The van der Waals surface area contributed by atoms with Gasteiger partial charge in [-0.3, -0.25) is 0 Å². The summed E-state index contributed by atoms with van der Waals surface area (Å²) in [6, 6.07) is 0. The van der Waals surface area contributed by atoms with E-state index in [1.54, 1.807) is 11.3 Å². The molecule has 0 bridgehead atoms. The molecule has 3 nitrogen and oxygen atoms in total. The first-order valence-corrected chi connectivity index (χ1v) is 7.26. The van der Waals surface area contributed by atoms with Crippen LogP contribution >= 0.6 is 11.3 Å². The molecule has 0 aliphatic carbocycles. The number of likely N-dealkylation sites (N-methyl/N-ethyl adjacent to an activating group) is 1. The van der Waals surface area contributed by atoms with E-state index >= 15 is 0 Å². The third kappa shape index (κ3) is 3.50. The van der Waals surface area contributed by atoms with Gasteiger partial charge in [0.15, 0.2) is 0 Å². The van der Waals surface area contributed by atoms with Crippen molar-refractivity contribution >= 4 is 11.3 Å². The van der Waals surface area contributed by atoms with Gasteiger partial charge in [0.2, 0.25) is 0 Å². The highest BCUT2D eigenvalue weighted by molar-refractivity contribution is 7.09. The van der Waals surface area contributed by atoms with E-state index in [-0.39, 0.29) is 0 Å². The molecule has 96 valence electrons. The van der Waals surface area contributed by atoms with Crippen molar-refractivity contribution in [2.24, 2.45) is 5.41 Å². The minimum atomic E-state index is 0.456. The van der Waals surface area contributed by atoms with E-state index < -0.39 is 0 Å². The van der Waals surface area contributed by atoms with Crippen LogP contribution in [0, 0.1) is 5.41 Å². The van der Waals surface area contributed by atoms with Crippen molar-refractivity contribution in [2.45, 2.75) is 26.2 Å². The molecule has 1 aromatic rings. The summed E-state index contributed by atoms with van der Waals surface area (Å²) in [5.41, 5.74) is 0.456. The zero-order valence-corrected chi connectivity index (χ0v) is 11.9. The van der Waals surface area contributed by atoms with Gasteiger partial charge in [0, 0.05) is 37.1 Å². The molecule has 0 radical (unpaired) electrons. The maximum Gasteiger partial charge on any atom is 0.0965 e. The van der Waals surface area contributed by atoms with Crippen LogP contribution < -0.4 is 5.32 Å². The summed E-state index contributed by atoms with van der Waals surface area (Å²) in [5.74, 6) is 0.540. The predicted octanol–water partition coefficient (Wildman–Crippen LogP) is 2.18. The molecule has 2 rings (SSSR count). The maximum absolute atomic E-state index is 4.40. The minimum absolute atomic E-state index is 0.456. The Morgan fingerprint density at radius 2 is 2.47 bits per heavy atom. The number of nitrogens with one attached hydrogen (secondary N) is 1. The average Bonchev–Trinajstić information content (AvgIpc) is 2.88. The van der Waals surface area contributed by atoms with E-state index in [1.165, 1.54) is 24.5 Å². The van der Waals surface area contributed by atoms with E-state index in [2.05, 4.69) is 41.5 Å². The first-order chi connectivity index (χ1) is 8.09. The third-order valence-electron chi connectivity index (χ3n) is 3.57. The maximum atomic E-state index is 4.40. The van der Waals surface area contributed by atoms with E-state index in [9.17, 15) is 0 Å². The van der Waals surface area contributed by atoms with Gasteiger partial charge in [-0.1, -0.05) is 13.8 Å². The Morgan fingerprint density at radius 1 is 1.65 bits per heavy atom. The summed E-state index contributed by atoms with van der Waals surface area (Å²) in [4.78, 5) is 6.86. The Bertz CT molecular complexity index is 330. The lowest BCUT2D eigenvalue weighted by Crippen LogP contribution is -2.36. The Hall–Kier alpha value is -0.450. The lowest BCUT2D eigenvalue weighted by atomic mass is 9.89. The second-order valence-corrected chi connectivity index (χ2v) is 6.63. The fraction of sp³-hybridized carbons (Fsp3) is 0.769. The fourth-order valence-electron chi connectivity index (χ4n) is 2.74. The molecule has 0 spiro atoms. The molecule has 1 aliphatic heterocycles. The molecule has 4 heteroatoms. The number of hydrogen-bond donors (Lipinski definition) is 1. The Balaban J connectivity index is 1.82. The van der Waals surface area contributed by atoms with E-state index in [1.807, 2.05) is 6.20 Å². The van der Waals surface area contributed by atoms with Gasteiger partial charge in [0.1, 0.15) is 0 Å². The topological polar surface area (TPSA) is 28.2 Å². The standard InChI is InChI=1S/C13H23N3S/c1-11(12-15-6-7-17-12)8-16(3)10-13(2)4-5-14-9-13/h6-7,11,14H,4-5,8-10H2,1-3H3. The van der Waals surface area contributed by atoms with E-state index in [0.717, 1.165) is 13.1 Å². The van der Waals surface area contributed by atoms with Crippen molar-refractivity contribution in [3.8, 4) is 0 Å². The van der Waals surface area contributed by atoms with Crippen LogP contribution in [0.1, 0.15) is 31.2 Å². The first-order valence-electron chi connectivity index (χ1n) is 6.38. The molecule has 0 saturated carbocycles. The molecule has 2 atom stereocenters. The Kier molecular flexibility index (Phi) is 4.17. The quantitative estimate of drug-likeness (QED) is 0.872. The molecule has 1 fully saturated rings. The summed E-state index contributed by atoms with van der Waals surface area (Å²) in [7, 11) is 2.23. The highest BCUT2D eigenvalue weighted by Gasteiger charge is 2.30. The van der Waals surface area contributed by atoms with Crippen molar-refractivity contribution < 1.29 is 0 Å². The normalized spacial score (nSPS) is 26.6. The van der Waals surface area contributed by atoms with Crippen LogP contribution in [0.5, 0.6) is 0 Å². The van der Waals surface area contributed by atoms with Crippen molar-refractivity contribution in [2.75, 3.05) is 33.2 Å². The molecule has 0 amide bonds. The Labute approximate surface area is 108 Å². The molecule has 2 heterocycles. The molecule has 2 unspecified atom stereocenters. The summed E-state index contributed by atoms with van der Waals surface area (Å²) in [6.07, 6.45) is 3.20. The van der Waals surface area contributed by atoms with Crippen molar-refractivity contribution in [3.63, 3.8) is 0 Å². The predicted molar refractivity (Wildman–Crippen MR) is 73.6 cm³/mol. The molecular formula is C13H23N3S. The second kappa shape index (κ2) is 5.46. The van der Waals surface area contributed by atoms with Gasteiger partial charge < -0.3 is 10.2 Å². The number of nitrogens with zero attached hydrogens (tertiary/aromatic N) is 2. The SMILES string of the molecule is CC(CN(C)CC1(C)CCNC1)c1nccs1. The smallest absolute Gasteiger partial charge is 0.0965 e. The fourth-order valence-corrected chi connectivity index (χ4v) is 3.43. The van der Waals surface area contributed by atoms with Gasteiger partial charge in [0.25, 0.3) is 0 Å². The van der Waals surface area contributed by atoms with Crippen molar-refractivity contribution in [1.82, 2.24) is 15.2 Å². The molecule has 17 heavy (non-hydrogen) atoms. The monoisotopic (exact) mass is 253 g/mol. The van der Waals surface area contributed by atoms with Gasteiger partial charge in [0.05, 0.1) is 5.01 Å². The van der Waals surface area contributed by atoms with Crippen LogP contribution in [0.3, 0.4) is 0 Å². The zero-order chi connectivity index (χ0) is 12.3. The van der Waals surface area contributed by atoms with Crippen LogP contribution in [-0.2, 0) is 0 Å². The molecule has 0 aromatic carbocycles. The second-order valence-electron chi connectivity index (χ2n) is 5.71. The first kappa shape index (κ1) is 13.0. The molecular weight excluding hydrogens is 230 g/mol. The van der Waals surface area contributed by atoms with Crippen LogP contribution in [0.15, 0.2) is 11.6 Å². The number of hydrogen-bond acceptors (Lipinski definition) is 4. The number of thiazole rings is 1. The molecule has 1 aromatic heterocycles. The average molecular weight is 253 g/mol. The van der Waals surface area contributed by atoms with Crippen LogP contribution in [0.4, 0.5) is 0 Å². The van der Waals surface area contributed by atoms with Gasteiger partial charge in [-0.15, -0.1) is 11.3 Å². The third-order valence-corrected chi connectivity index (χ3v) is 4.57. The van der Waals surface area contributed by atoms with Gasteiger partial charge >= 0.3 is 0 Å². The lowest BCUT2D eigenvalue weighted by Gasteiger charge is -2.30. The number of aromatic nitrogens is 1. The van der Waals surface area contributed by atoms with Crippen LogP contribution in [-0.4, -0.2) is 43.1 Å². The van der Waals surface area contributed by atoms with Crippen molar-refractivity contribution in [1.29, 1.82) is 0 Å². The van der Waals surface area contributed by atoms with Crippen molar-refractivity contribution in [3.05, 3.63) is 16.6 Å². The van der Waals surface area contributed by atoms with Crippen LogP contribution in [0.25, 0.3) is 0 Å². The molecule has 1 N–H and O–H groups in total. The highest BCUT2D eigenvalue weighted by Crippen LogP contribution is 2.26. The van der Waals surface area contributed by atoms with E-state index in [4.69, 9.17) is 0 Å². The summed E-state index contributed by atoms with van der Waals surface area (Å²) in [5, 5.41) is 6.78. The molecule has 1 saturated heterocycles. The van der Waals surface area contributed by atoms with Gasteiger partial charge in [-0.05, 0) is 25.4 Å². The van der Waals surface area contributed by atoms with Gasteiger partial charge in [-0.25, -0.2) is 4.98 Å². The lowest BCUT2D eigenvalue weighted by molar-refractivity contribution is 0.202. The minimum Gasteiger partial charge on any atom is -0.316 e. The summed E-state index contributed by atoms with van der Waals surface area (Å²) >= 11 is 1.76. The van der Waals surface area contributed by atoms with Crippen LogP contribution in [0.2, 0.25) is 0 Å². The summed E-state index contributed by atoms with van der Waals surface area (Å²) < 4.78 is 0. The number of rotatable bonds is 5. The Morgan fingerprint density at radius 3 is 3.06 bits per heavy atom. The van der Waals surface area contributed by atoms with E-state index in [0.29, 0.717) is 11.3 Å². The largest absolute Gasteiger partial charge is 0.316 e. The molecule has 1 aliphatic rings. The van der Waals surface area contributed by atoms with Gasteiger partial charge in [-0.2, -0.15) is 0 Å².